The standard InChI is InChI=1S/C13H16/c1-11(7-8-12-9-10-12)13-5-3-2-4-6-13/h2-7,12H,8-10H2,1H3/b11-7+. The number of benzene rings is 1. The second-order valence-corrected chi connectivity index (χ2v) is 3.93. The summed E-state index contributed by atoms with van der Waals surface area (Å²) in [6, 6.07) is 10.6. The van der Waals surface area contributed by atoms with E-state index in [1.807, 2.05) is 0 Å². The van der Waals surface area contributed by atoms with Crippen LogP contribution in [0.4, 0.5) is 0 Å². The summed E-state index contributed by atoms with van der Waals surface area (Å²) in [5.74, 6) is 0.999. The Morgan fingerprint density at radius 2 is 2.00 bits per heavy atom. The van der Waals surface area contributed by atoms with Crippen LogP contribution in [-0.4, -0.2) is 0 Å². The number of hydrogen-bond acceptors (Lipinski definition) is 0. The van der Waals surface area contributed by atoms with Gasteiger partial charge in [-0.05, 0) is 43.2 Å². The topological polar surface area (TPSA) is 0 Å². The molecule has 0 heteroatoms. The van der Waals surface area contributed by atoms with E-state index in [-0.39, 0.29) is 0 Å². The zero-order chi connectivity index (χ0) is 9.10. The summed E-state index contributed by atoms with van der Waals surface area (Å²) in [6.45, 7) is 2.21. The molecule has 0 amide bonds. The Balaban J connectivity index is 2.02. The summed E-state index contributed by atoms with van der Waals surface area (Å²) in [5.41, 5.74) is 2.79. The molecule has 0 heterocycles. The lowest BCUT2D eigenvalue weighted by molar-refractivity contribution is 0.863. The normalized spacial score (nSPS) is 17.5. The van der Waals surface area contributed by atoms with Crippen molar-refractivity contribution >= 4 is 5.57 Å². The van der Waals surface area contributed by atoms with E-state index in [0.29, 0.717) is 0 Å². The van der Waals surface area contributed by atoms with Gasteiger partial charge in [-0.1, -0.05) is 36.4 Å². The summed E-state index contributed by atoms with van der Waals surface area (Å²) in [5, 5.41) is 0. The fourth-order valence-corrected chi connectivity index (χ4v) is 1.52. The zero-order valence-corrected chi connectivity index (χ0v) is 8.16. The second kappa shape index (κ2) is 3.78. The molecule has 1 aliphatic rings. The molecule has 0 nitrogen and oxygen atoms in total. The molecule has 1 aromatic carbocycles. The minimum absolute atomic E-state index is 0.999. The maximum atomic E-state index is 2.38. The first-order valence-electron chi connectivity index (χ1n) is 5.08. The molecule has 0 atom stereocenters. The van der Waals surface area contributed by atoms with Crippen molar-refractivity contribution in [3.63, 3.8) is 0 Å². The van der Waals surface area contributed by atoms with Crippen molar-refractivity contribution in [2.45, 2.75) is 26.2 Å². The molecule has 1 aromatic rings. The summed E-state index contributed by atoms with van der Waals surface area (Å²) in [7, 11) is 0. The van der Waals surface area contributed by atoms with E-state index in [1.165, 1.54) is 30.4 Å². The van der Waals surface area contributed by atoms with Gasteiger partial charge in [0.25, 0.3) is 0 Å². The molecule has 0 aliphatic heterocycles. The van der Waals surface area contributed by atoms with Gasteiger partial charge in [-0.15, -0.1) is 0 Å². The van der Waals surface area contributed by atoms with Gasteiger partial charge in [0.2, 0.25) is 0 Å². The molecular weight excluding hydrogens is 156 g/mol. The summed E-state index contributed by atoms with van der Waals surface area (Å²) in [4.78, 5) is 0. The van der Waals surface area contributed by atoms with Crippen molar-refractivity contribution in [1.29, 1.82) is 0 Å². The van der Waals surface area contributed by atoms with Crippen LogP contribution in [0.3, 0.4) is 0 Å². The lowest BCUT2D eigenvalue weighted by Gasteiger charge is -2.00. The molecule has 2 rings (SSSR count). The number of allylic oxidation sites excluding steroid dienone is 2. The monoisotopic (exact) mass is 172 g/mol. The van der Waals surface area contributed by atoms with Gasteiger partial charge in [0.1, 0.15) is 0 Å². The average molecular weight is 172 g/mol. The Hall–Kier alpha value is -1.04. The molecule has 0 aromatic heterocycles. The fourth-order valence-electron chi connectivity index (χ4n) is 1.52. The van der Waals surface area contributed by atoms with Crippen LogP contribution in [-0.2, 0) is 0 Å². The van der Waals surface area contributed by atoms with E-state index in [4.69, 9.17) is 0 Å². The van der Waals surface area contributed by atoms with Gasteiger partial charge in [-0.25, -0.2) is 0 Å². The van der Waals surface area contributed by atoms with Crippen molar-refractivity contribution in [3.05, 3.63) is 42.0 Å². The predicted molar refractivity (Wildman–Crippen MR) is 57.4 cm³/mol. The molecule has 0 bridgehead atoms. The van der Waals surface area contributed by atoms with Gasteiger partial charge in [0.05, 0.1) is 0 Å². The van der Waals surface area contributed by atoms with Crippen LogP contribution in [0.5, 0.6) is 0 Å². The molecule has 0 unspecified atom stereocenters. The summed E-state index contributed by atoms with van der Waals surface area (Å²) < 4.78 is 0. The van der Waals surface area contributed by atoms with Crippen molar-refractivity contribution in [2.75, 3.05) is 0 Å². The highest BCUT2D eigenvalue weighted by Gasteiger charge is 2.19. The van der Waals surface area contributed by atoms with Crippen molar-refractivity contribution in [1.82, 2.24) is 0 Å². The Labute approximate surface area is 80.3 Å². The maximum Gasteiger partial charge on any atom is -0.0231 e. The van der Waals surface area contributed by atoms with Gasteiger partial charge in [-0.2, -0.15) is 0 Å². The molecule has 0 spiro atoms. The SMILES string of the molecule is C/C(=C\CC1CC1)c1ccccc1. The van der Waals surface area contributed by atoms with Crippen LogP contribution < -0.4 is 0 Å². The van der Waals surface area contributed by atoms with E-state index in [0.717, 1.165) is 5.92 Å². The van der Waals surface area contributed by atoms with Gasteiger partial charge < -0.3 is 0 Å². The highest BCUT2D eigenvalue weighted by atomic mass is 14.2. The van der Waals surface area contributed by atoms with Crippen LogP contribution in [0.1, 0.15) is 31.7 Å². The second-order valence-electron chi connectivity index (χ2n) is 3.93. The van der Waals surface area contributed by atoms with Crippen LogP contribution in [0.15, 0.2) is 36.4 Å². The first-order valence-corrected chi connectivity index (χ1v) is 5.08. The Morgan fingerprint density at radius 1 is 1.31 bits per heavy atom. The third-order valence-corrected chi connectivity index (χ3v) is 2.68. The molecule has 68 valence electrons. The van der Waals surface area contributed by atoms with E-state index in [9.17, 15) is 0 Å². The molecule has 13 heavy (non-hydrogen) atoms. The lowest BCUT2D eigenvalue weighted by atomic mass is 10.1. The third kappa shape index (κ3) is 2.45. The predicted octanol–water partition coefficient (Wildman–Crippen LogP) is 3.89. The maximum absolute atomic E-state index is 2.38. The third-order valence-electron chi connectivity index (χ3n) is 2.68. The van der Waals surface area contributed by atoms with Gasteiger partial charge in [0, 0.05) is 0 Å². The first kappa shape index (κ1) is 8.55. The summed E-state index contributed by atoms with van der Waals surface area (Å²) >= 11 is 0. The largest absolute Gasteiger partial charge is 0.0807 e. The van der Waals surface area contributed by atoms with E-state index in [2.05, 4.69) is 43.3 Å². The van der Waals surface area contributed by atoms with Crippen LogP contribution >= 0.6 is 0 Å². The van der Waals surface area contributed by atoms with Gasteiger partial charge in [0.15, 0.2) is 0 Å². The van der Waals surface area contributed by atoms with Crippen LogP contribution in [0, 0.1) is 5.92 Å². The Bertz CT molecular complexity index is 291. The molecule has 0 N–H and O–H groups in total. The minimum atomic E-state index is 0.999. The Morgan fingerprint density at radius 3 is 2.62 bits per heavy atom. The Kier molecular flexibility index (Phi) is 2.49. The molecular formula is C13H16. The van der Waals surface area contributed by atoms with Crippen molar-refractivity contribution in [3.8, 4) is 0 Å². The highest BCUT2D eigenvalue weighted by Crippen LogP contribution is 2.33. The zero-order valence-electron chi connectivity index (χ0n) is 8.16. The van der Waals surface area contributed by atoms with E-state index >= 15 is 0 Å². The van der Waals surface area contributed by atoms with E-state index in [1.54, 1.807) is 0 Å². The molecule has 1 aliphatic carbocycles. The average Bonchev–Trinajstić information content (AvgIpc) is 2.99. The van der Waals surface area contributed by atoms with Gasteiger partial charge in [-0.3, -0.25) is 0 Å². The van der Waals surface area contributed by atoms with Crippen LogP contribution in [0.2, 0.25) is 0 Å². The lowest BCUT2D eigenvalue weighted by Crippen LogP contribution is -1.79. The first-order chi connectivity index (χ1) is 6.36. The van der Waals surface area contributed by atoms with Crippen molar-refractivity contribution < 1.29 is 0 Å². The molecule has 0 radical (unpaired) electrons. The van der Waals surface area contributed by atoms with E-state index < -0.39 is 0 Å². The molecule has 1 fully saturated rings. The number of rotatable bonds is 3. The molecule has 1 saturated carbocycles. The smallest absolute Gasteiger partial charge is 0.0231 e. The fraction of sp³-hybridized carbons (Fsp3) is 0.385. The van der Waals surface area contributed by atoms with Gasteiger partial charge >= 0.3 is 0 Å². The molecule has 0 saturated heterocycles. The van der Waals surface area contributed by atoms with Crippen molar-refractivity contribution in [2.24, 2.45) is 5.92 Å². The highest BCUT2D eigenvalue weighted by molar-refractivity contribution is 5.63. The summed E-state index contributed by atoms with van der Waals surface area (Å²) in [6.07, 6.45) is 6.55. The van der Waals surface area contributed by atoms with Crippen LogP contribution in [0.25, 0.3) is 5.57 Å². The minimum Gasteiger partial charge on any atom is -0.0807 e. The number of hydrogen-bond donors (Lipinski definition) is 0. The quantitative estimate of drug-likeness (QED) is 0.649.